The van der Waals surface area contributed by atoms with Crippen LogP contribution in [0.3, 0.4) is 0 Å². The van der Waals surface area contributed by atoms with E-state index in [4.69, 9.17) is 4.42 Å². The molecule has 1 aromatic heterocycles. The first-order chi connectivity index (χ1) is 8.54. The number of Topliss-reactive ketones (excluding diaryl/α,β-unsaturated/α-hetero) is 1. The molecule has 5 heteroatoms. The maximum absolute atomic E-state index is 11.6. The van der Waals surface area contributed by atoms with Gasteiger partial charge < -0.3 is 9.15 Å². The van der Waals surface area contributed by atoms with Crippen molar-refractivity contribution in [3.05, 3.63) is 45.8 Å². The van der Waals surface area contributed by atoms with Gasteiger partial charge in [0.2, 0.25) is 0 Å². The molecule has 1 heterocycles. The van der Waals surface area contributed by atoms with Crippen LogP contribution in [0.1, 0.15) is 27.6 Å². The molecular weight excluding hydrogens is 236 g/mol. The van der Waals surface area contributed by atoms with Gasteiger partial charge in [-0.05, 0) is 13.0 Å². The first kappa shape index (κ1) is 12.0. The van der Waals surface area contributed by atoms with Crippen LogP contribution in [-0.4, -0.2) is 18.9 Å². The first-order valence-corrected chi connectivity index (χ1v) is 5.20. The molecule has 2 aromatic rings. The topological polar surface area (TPSA) is 73.6 Å². The fourth-order valence-corrected chi connectivity index (χ4v) is 1.74. The van der Waals surface area contributed by atoms with Crippen molar-refractivity contribution < 1.29 is 18.7 Å². The van der Waals surface area contributed by atoms with Crippen LogP contribution in [0.25, 0.3) is 11.0 Å². The molecule has 0 aliphatic rings. The van der Waals surface area contributed by atoms with Crippen LogP contribution >= 0.6 is 0 Å². The van der Waals surface area contributed by atoms with Gasteiger partial charge in [-0.25, -0.2) is 9.59 Å². The molecule has 0 radical (unpaired) electrons. The van der Waals surface area contributed by atoms with Crippen LogP contribution in [0.4, 0.5) is 0 Å². The molecule has 0 aliphatic heterocycles. The summed E-state index contributed by atoms with van der Waals surface area (Å²) in [6.07, 6.45) is 0. The normalized spacial score (nSPS) is 10.3. The standard InChI is InChI=1S/C13H10O5/c1-7(14)8-4-3-5-9-10(13(16)17-2)6-11(15)18-12(8)9/h3-6H,1-2H3. The maximum atomic E-state index is 11.6. The number of methoxy groups -OCH3 is 1. The Balaban J connectivity index is 2.90. The molecule has 18 heavy (non-hydrogen) atoms. The second-order valence-electron chi connectivity index (χ2n) is 3.71. The van der Waals surface area contributed by atoms with Crippen LogP contribution < -0.4 is 5.63 Å². The SMILES string of the molecule is COC(=O)c1cc(=O)oc2c(C(C)=O)cccc12. The van der Waals surface area contributed by atoms with Crippen LogP contribution in [0, 0.1) is 0 Å². The summed E-state index contributed by atoms with van der Waals surface area (Å²) >= 11 is 0. The van der Waals surface area contributed by atoms with Gasteiger partial charge in [0.1, 0.15) is 5.58 Å². The van der Waals surface area contributed by atoms with Crippen molar-refractivity contribution in [1.29, 1.82) is 0 Å². The molecule has 2 rings (SSSR count). The summed E-state index contributed by atoms with van der Waals surface area (Å²) in [6, 6.07) is 5.80. The highest BCUT2D eigenvalue weighted by molar-refractivity contribution is 6.10. The van der Waals surface area contributed by atoms with Crippen molar-refractivity contribution in [2.24, 2.45) is 0 Å². The summed E-state index contributed by atoms with van der Waals surface area (Å²) in [5.41, 5.74) is -0.239. The lowest BCUT2D eigenvalue weighted by Gasteiger charge is -2.05. The number of hydrogen-bond donors (Lipinski definition) is 0. The van der Waals surface area contributed by atoms with E-state index >= 15 is 0 Å². The zero-order valence-electron chi connectivity index (χ0n) is 9.85. The highest BCUT2D eigenvalue weighted by Crippen LogP contribution is 2.21. The lowest BCUT2D eigenvalue weighted by atomic mass is 10.0. The Bertz CT molecular complexity index is 696. The van der Waals surface area contributed by atoms with Gasteiger partial charge in [0, 0.05) is 11.5 Å². The van der Waals surface area contributed by atoms with Crippen LogP contribution in [0.15, 0.2) is 33.5 Å². The smallest absolute Gasteiger partial charge is 0.338 e. The second-order valence-corrected chi connectivity index (χ2v) is 3.71. The largest absolute Gasteiger partial charge is 0.465 e. The van der Waals surface area contributed by atoms with Crippen molar-refractivity contribution in [2.45, 2.75) is 6.92 Å². The van der Waals surface area contributed by atoms with E-state index < -0.39 is 11.6 Å². The van der Waals surface area contributed by atoms with E-state index in [-0.39, 0.29) is 22.5 Å². The van der Waals surface area contributed by atoms with Gasteiger partial charge in [0.25, 0.3) is 0 Å². The Labute approximate surface area is 102 Å². The fourth-order valence-electron chi connectivity index (χ4n) is 1.74. The summed E-state index contributed by atoms with van der Waals surface area (Å²) in [7, 11) is 1.22. The van der Waals surface area contributed by atoms with Crippen molar-refractivity contribution in [3.63, 3.8) is 0 Å². The molecule has 0 fully saturated rings. The van der Waals surface area contributed by atoms with Gasteiger partial charge in [0.15, 0.2) is 5.78 Å². The van der Waals surface area contributed by atoms with Gasteiger partial charge >= 0.3 is 11.6 Å². The van der Waals surface area contributed by atoms with E-state index in [2.05, 4.69) is 4.74 Å². The second kappa shape index (κ2) is 4.44. The number of ether oxygens (including phenoxy) is 1. The highest BCUT2D eigenvalue weighted by atomic mass is 16.5. The molecule has 0 saturated heterocycles. The molecule has 92 valence electrons. The predicted octanol–water partition coefficient (Wildman–Crippen LogP) is 1.78. The van der Waals surface area contributed by atoms with E-state index in [1.165, 1.54) is 20.1 Å². The Hall–Kier alpha value is -2.43. The van der Waals surface area contributed by atoms with Crippen molar-refractivity contribution >= 4 is 22.7 Å². The minimum atomic E-state index is -0.698. The van der Waals surface area contributed by atoms with E-state index in [1.54, 1.807) is 12.1 Å². The summed E-state index contributed by atoms with van der Waals surface area (Å²) in [5, 5.41) is 0.383. The quantitative estimate of drug-likeness (QED) is 0.458. The third kappa shape index (κ3) is 1.90. The van der Waals surface area contributed by atoms with Crippen LogP contribution in [0.5, 0.6) is 0 Å². The number of benzene rings is 1. The van der Waals surface area contributed by atoms with Crippen molar-refractivity contribution in [3.8, 4) is 0 Å². The third-order valence-corrected chi connectivity index (χ3v) is 2.55. The van der Waals surface area contributed by atoms with Crippen molar-refractivity contribution in [1.82, 2.24) is 0 Å². The van der Waals surface area contributed by atoms with Gasteiger partial charge in [-0.2, -0.15) is 0 Å². The van der Waals surface area contributed by atoms with Gasteiger partial charge in [-0.1, -0.05) is 12.1 Å². The van der Waals surface area contributed by atoms with Gasteiger partial charge in [0.05, 0.1) is 18.2 Å². The minimum absolute atomic E-state index is 0.0897. The molecule has 0 aliphatic carbocycles. The van der Waals surface area contributed by atoms with Crippen molar-refractivity contribution in [2.75, 3.05) is 7.11 Å². The van der Waals surface area contributed by atoms with E-state index in [9.17, 15) is 14.4 Å². The number of rotatable bonds is 2. The predicted molar refractivity (Wildman–Crippen MR) is 63.8 cm³/mol. The van der Waals surface area contributed by atoms with Crippen LogP contribution in [0.2, 0.25) is 0 Å². The number of fused-ring (bicyclic) bond motifs is 1. The number of carbonyl (C=O) groups excluding carboxylic acids is 2. The average molecular weight is 246 g/mol. The van der Waals surface area contributed by atoms with E-state index in [1.807, 2.05) is 0 Å². The molecule has 0 atom stereocenters. The number of ketones is 1. The summed E-state index contributed by atoms with van der Waals surface area (Å²) in [5.74, 6) is -0.889. The molecule has 0 saturated carbocycles. The molecule has 5 nitrogen and oxygen atoms in total. The third-order valence-electron chi connectivity index (χ3n) is 2.55. The molecular formula is C13H10O5. The van der Waals surface area contributed by atoms with Gasteiger partial charge in [-0.15, -0.1) is 0 Å². The zero-order chi connectivity index (χ0) is 13.3. The molecule has 0 spiro atoms. The Morgan fingerprint density at radius 1 is 1.22 bits per heavy atom. The lowest BCUT2D eigenvalue weighted by Crippen LogP contribution is -2.09. The van der Waals surface area contributed by atoms with Gasteiger partial charge in [-0.3, -0.25) is 4.79 Å². The number of esters is 1. The monoisotopic (exact) mass is 246 g/mol. The minimum Gasteiger partial charge on any atom is -0.465 e. The summed E-state index contributed by atoms with van der Waals surface area (Å²) in [6.45, 7) is 1.36. The molecule has 0 amide bonds. The zero-order valence-corrected chi connectivity index (χ0v) is 9.85. The Morgan fingerprint density at radius 3 is 2.56 bits per heavy atom. The Kier molecular flexibility index (Phi) is 2.97. The summed E-state index contributed by atoms with van der Waals surface area (Å²) in [4.78, 5) is 34.4. The van der Waals surface area contributed by atoms with Crippen LogP contribution in [-0.2, 0) is 4.74 Å². The Morgan fingerprint density at radius 2 is 1.94 bits per heavy atom. The maximum Gasteiger partial charge on any atom is 0.338 e. The molecule has 0 unspecified atom stereocenters. The summed E-state index contributed by atoms with van der Waals surface area (Å²) < 4.78 is 9.60. The highest BCUT2D eigenvalue weighted by Gasteiger charge is 2.16. The average Bonchev–Trinajstić information content (AvgIpc) is 2.35. The molecule has 1 aromatic carbocycles. The number of hydrogen-bond acceptors (Lipinski definition) is 5. The molecule has 0 bridgehead atoms. The molecule has 0 N–H and O–H groups in total. The van der Waals surface area contributed by atoms with E-state index in [0.29, 0.717) is 5.39 Å². The lowest BCUT2D eigenvalue weighted by molar-refractivity contribution is 0.0602. The number of carbonyl (C=O) groups is 2. The first-order valence-electron chi connectivity index (χ1n) is 5.20. The van der Waals surface area contributed by atoms with E-state index in [0.717, 1.165) is 6.07 Å². The fraction of sp³-hybridized carbons (Fsp3) is 0.154. The number of para-hydroxylation sites is 1.